The molecule has 0 atom stereocenters. The highest BCUT2D eigenvalue weighted by molar-refractivity contribution is 5.86. The average Bonchev–Trinajstić information content (AvgIpc) is 1.72. The fourth-order valence-corrected chi connectivity index (χ4v) is 0.671. The van der Waals surface area contributed by atoms with E-state index in [1.807, 2.05) is 0 Å². The summed E-state index contributed by atoms with van der Waals surface area (Å²) in [4.78, 5) is 2.38. The van der Waals surface area contributed by atoms with Gasteiger partial charge >= 0.3 is 0 Å². The van der Waals surface area contributed by atoms with Crippen LogP contribution in [0.1, 0.15) is 20.8 Å². The Bertz CT molecular complexity index is 36.1. The van der Waals surface area contributed by atoms with E-state index in [9.17, 15) is 0 Å². The van der Waals surface area contributed by atoms with Gasteiger partial charge in [0.1, 0.15) is 0 Å². The molecule has 0 saturated heterocycles. The van der Waals surface area contributed by atoms with Gasteiger partial charge < -0.3 is 4.90 Å². The molecular weight excluding hydrogens is 228 g/mol. The maximum atomic E-state index is 2.38. The van der Waals surface area contributed by atoms with E-state index in [4.69, 9.17) is 0 Å². The van der Waals surface area contributed by atoms with Crippen LogP contribution in [0.2, 0.25) is 0 Å². The van der Waals surface area contributed by atoms with Crippen molar-refractivity contribution in [2.75, 3.05) is 19.6 Å². The van der Waals surface area contributed by atoms with Gasteiger partial charge in [-0.15, -0.1) is 49.6 Å². The summed E-state index contributed by atoms with van der Waals surface area (Å²) in [5.41, 5.74) is 0. The third kappa shape index (κ3) is 18.2. The lowest BCUT2D eigenvalue weighted by Gasteiger charge is -2.13. The van der Waals surface area contributed by atoms with Gasteiger partial charge in [0, 0.05) is 0 Å². The lowest BCUT2D eigenvalue weighted by atomic mass is 10.5. The van der Waals surface area contributed by atoms with Crippen LogP contribution in [0.3, 0.4) is 0 Å². The van der Waals surface area contributed by atoms with Crippen LogP contribution in [0.15, 0.2) is 0 Å². The standard InChI is InChI=1S/C6H15N.4ClH/c1-4-7(5-2)6-3;;;;/h4-6H2,1-3H3;4*1H. The van der Waals surface area contributed by atoms with Gasteiger partial charge in [0.2, 0.25) is 0 Å². The van der Waals surface area contributed by atoms with Crippen LogP contribution in [0.5, 0.6) is 0 Å². The molecule has 0 unspecified atom stereocenters. The van der Waals surface area contributed by atoms with Crippen molar-refractivity contribution in [1.82, 2.24) is 4.90 Å². The molecule has 0 radical (unpaired) electrons. The van der Waals surface area contributed by atoms with Crippen LogP contribution in [0, 0.1) is 0 Å². The summed E-state index contributed by atoms with van der Waals surface area (Å²) in [5, 5.41) is 0. The van der Waals surface area contributed by atoms with Crippen molar-refractivity contribution in [3.63, 3.8) is 0 Å². The van der Waals surface area contributed by atoms with Crippen LogP contribution in [-0.2, 0) is 0 Å². The predicted octanol–water partition coefficient (Wildman–Crippen LogP) is 3.04. The molecule has 0 aromatic carbocycles. The van der Waals surface area contributed by atoms with Crippen molar-refractivity contribution in [2.45, 2.75) is 20.8 Å². The third-order valence-electron chi connectivity index (χ3n) is 1.34. The zero-order valence-electron chi connectivity index (χ0n) is 7.20. The summed E-state index contributed by atoms with van der Waals surface area (Å²) in [6.45, 7) is 10.1. The molecule has 0 heterocycles. The third-order valence-corrected chi connectivity index (χ3v) is 1.34. The molecule has 0 aliphatic carbocycles. The second-order valence-corrected chi connectivity index (χ2v) is 1.62. The van der Waals surface area contributed by atoms with Gasteiger partial charge in [-0.05, 0) is 19.6 Å². The topological polar surface area (TPSA) is 3.24 Å². The Morgan fingerprint density at radius 1 is 0.636 bits per heavy atom. The molecule has 5 heteroatoms. The summed E-state index contributed by atoms with van der Waals surface area (Å²) in [6, 6.07) is 0. The minimum Gasteiger partial charge on any atom is -0.304 e. The largest absolute Gasteiger partial charge is 0.304 e. The zero-order valence-corrected chi connectivity index (χ0v) is 10.5. The highest BCUT2D eigenvalue weighted by atomic mass is 35.5. The number of hydrogen-bond acceptors (Lipinski definition) is 1. The molecule has 0 aliphatic heterocycles. The Hall–Kier alpha value is 1.12. The van der Waals surface area contributed by atoms with E-state index in [1.54, 1.807) is 0 Å². The fraction of sp³-hybridized carbons (Fsp3) is 1.00. The first-order valence-corrected chi connectivity index (χ1v) is 3.07. The van der Waals surface area contributed by atoms with Crippen LogP contribution in [0.25, 0.3) is 0 Å². The van der Waals surface area contributed by atoms with Crippen molar-refractivity contribution in [2.24, 2.45) is 0 Å². The van der Waals surface area contributed by atoms with Gasteiger partial charge in [-0.3, -0.25) is 0 Å². The molecule has 0 bridgehead atoms. The van der Waals surface area contributed by atoms with E-state index in [-0.39, 0.29) is 49.6 Å². The van der Waals surface area contributed by atoms with E-state index in [1.165, 1.54) is 19.6 Å². The van der Waals surface area contributed by atoms with E-state index < -0.39 is 0 Å². The lowest BCUT2D eigenvalue weighted by Crippen LogP contribution is -2.21. The summed E-state index contributed by atoms with van der Waals surface area (Å²) in [7, 11) is 0. The van der Waals surface area contributed by atoms with Crippen molar-refractivity contribution in [3.8, 4) is 0 Å². The van der Waals surface area contributed by atoms with Crippen LogP contribution < -0.4 is 0 Å². The highest BCUT2D eigenvalue weighted by Gasteiger charge is 1.89. The molecule has 76 valence electrons. The molecule has 0 aliphatic rings. The van der Waals surface area contributed by atoms with Crippen LogP contribution in [0.4, 0.5) is 0 Å². The molecule has 0 aromatic rings. The van der Waals surface area contributed by atoms with Gasteiger partial charge in [0.15, 0.2) is 0 Å². The molecule has 11 heavy (non-hydrogen) atoms. The normalized spacial score (nSPS) is 6.55. The summed E-state index contributed by atoms with van der Waals surface area (Å²) in [5.74, 6) is 0. The lowest BCUT2D eigenvalue weighted by molar-refractivity contribution is 0.321. The van der Waals surface area contributed by atoms with E-state index in [0.29, 0.717) is 0 Å². The zero-order chi connectivity index (χ0) is 5.70. The first-order chi connectivity index (χ1) is 3.35. The molecule has 0 spiro atoms. The monoisotopic (exact) mass is 245 g/mol. The second kappa shape index (κ2) is 22.5. The number of nitrogens with zero attached hydrogens (tertiary/aromatic N) is 1. The average molecular weight is 247 g/mol. The highest BCUT2D eigenvalue weighted by Crippen LogP contribution is 1.81. The molecule has 0 aromatic heterocycles. The molecule has 0 amide bonds. The fourth-order valence-electron chi connectivity index (χ4n) is 0.671. The Balaban J connectivity index is -0.0000000300. The van der Waals surface area contributed by atoms with Gasteiger partial charge in [-0.2, -0.15) is 0 Å². The number of halogens is 4. The molecule has 0 N–H and O–H groups in total. The Morgan fingerprint density at radius 3 is 0.818 bits per heavy atom. The van der Waals surface area contributed by atoms with Crippen molar-refractivity contribution in [1.29, 1.82) is 0 Å². The van der Waals surface area contributed by atoms with Crippen molar-refractivity contribution >= 4 is 49.6 Å². The van der Waals surface area contributed by atoms with Crippen LogP contribution >= 0.6 is 49.6 Å². The quantitative estimate of drug-likeness (QED) is 0.740. The number of rotatable bonds is 3. The molecule has 0 rings (SSSR count). The Labute approximate surface area is 94.9 Å². The second-order valence-electron chi connectivity index (χ2n) is 1.62. The summed E-state index contributed by atoms with van der Waals surface area (Å²) < 4.78 is 0. The van der Waals surface area contributed by atoms with Crippen molar-refractivity contribution < 1.29 is 0 Å². The smallest absolute Gasteiger partial charge is 0.00474 e. The Morgan fingerprint density at radius 2 is 0.818 bits per heavy atom. The minimum absolute atomic E-state index is 0. The van der Waals surface area contributed by atoms with Gasteiger partial charge in [-0.25, -0.2) is 0 Å². The SMILES string of the molecule is CCN(CC)CC.Cl.Cl.Cl.Cl. The van der Waals surface area contributed by atoms with Crippen LogP contribution in [-0.4, -0.2) is 24.5 Å². The van der Waals surface area contributed by atoms with Gasteiger partial charge in [-0.1, -0.05) is 20.8 Å². The molecular formula is C6H19Cl4N. The molecule has 0 saturated carbocycles. The maximum absolute atomic E-state index is 2.38. The molecule has 0 fully saturated rings. The molecule has 1 nitrogen and oxygen atoms in total. The van der Waals surface area contributed by atoms with E-state index >= 15 is 0 Å². The van der Waals surface area contributed by atoms with E-state index in [0.717, 1.165) is 0 Å². The maximum Gasteiger partial charge on any atom is -0.00474 e. The van der Waals surface area contributed by atoms with Gasteiger partial charge in [0.05, 0.1) is 0 Å². The Kier molecular flexibility index (Phi) is 60.4. The van der Waals surface area contributed by atoms with E-state index in [2.05, 4.69) is 25.7 Å². The first kappa shape index (κ1) is 29.6. The van der Waals surface area contributed by atoms with Gasteiger partial charge in [0.25, 0.3) is 0 Å². The van der Waals surface area contributed by atoms with Crippen molar-refractivity contribution in [3.05, 3.63) is 0 Å². The first-order valence-electron chi connectivity index (χ1n) is 3.07. The summed E-state index contributed by atoms with van der Waals surface area (Å²) in [6.07, 6.45) is 0. The summed E-state index contributed by atoms with van der Waals surface area (Å²) >= 11 is 0. The predicted molar refractivity (Wildman–Crippen MR) is 62.5 cm³/mol. The minimum atomic E-state index is 0. The number of hydrogen-bond donors (Lipinski definition) is 0.